The third kappa shape index (κ3) is 3.95. The fourth-order valence-electron chi connectivity index (χ4n) is 2.35. The molecule has 0 fully saturated rings. The van der Waals surface area contributed by atoms with Gasteiger partial charge in [-0.1, -0.05) is 17.7 Å². The number of aryl methyl sites for hydroxylation is 2. The number of carbonyl (C=O) groups is 2. The summed E-state index contributed by atoms with van der Waals surface area (Å²) in [5.41, 5.74) is -0.670. The van der Waals surface area contributed by atoms with Crippen LogP contribution in [0.5, 0.6) is 0 Å². The normalized spacial score (nSPS) is 11.9. The van der Waals surface area contributed by atoms with Gasteiger partial charge in [0.1, 0.15) is 11.1 Å². The Hall–Kier alpha value is -2.88. The zero-order chi connectivity index (χ0) is 20.6. The number of hydrogen-bond acceptors (Lipinski definition) is 5. The molecule has 0 radical (unpaired) electrons. The maximum atomic E-state index is 12.9. The summed E-state index contributed by atoms with van der Waals surface area (Å²) in [5, 5.41) is 15.5. The monoisotopic (exact) mass is 394 g/mol. The van der Waals surface area contributed by atoms with E-state index < -0.39 is 27.4 Å². The molecule has 27 heavy (non-hydrogen) atoms. The van der Waals surface area contributed by atoms with Crippen molar-refractivity contribution in [3.05, 3.63) is 41.6 Å². The van der Waals surface area contributed by atoms with E-state index >= 15 is 0 Å². The highest BCUT2D eigenvalue weighted by molar-refractivity contribution is 7.92. The van der Waals surface area contributed by atoms with Gasteiger partial charge in [-0.2, -0.15) is 5.10 Å². The van der Waals surface area contributed by atoms with Crippen LogP contribution in [0.4, 0.5) is 5.82 Å². The highest BCUT2D eigenvalue weighted by atomic mass is 32.2. The number of carbonyl (C=O) groups excluding carboxylic acids is 1. The van der Waals surface area contributed by atoms with Crippen molar-refractivity contribution in [3.8, 4) is 0 Å². The molecule has 1 aromatic carbocycles. The van der Waals surface area contributed by atoms with E-state index in [0.29, 0.717) is 0 Å². The van der Waals surface area contributed by atoms with Crippen LogP contribution in [-0.2, 0) is 21.9 Å². The molecule has 0 unspecified atom stereocenters. The van der Waals surface area contributed by atoms with Crippen molar-refractivity contribution in [1.82, 2.24) is 15.1 Å². The lowest BCUT2D eigenvalue weighted by Crippen LogP contribution is -2.49. The molecule has 0 atom stereocenters. The number of carboxylic acids is 1. The molecule has 1 aromatic heterocycles. The molecular formula is C17H22N4O5S. The molecule has 0 saturated carbocycles. The van der Waals surface area contributed by atoms with E-state index in [-0.39, 0.29) is 16.3 Å². The van der Waals surface area contributed by atoms with Crippen LogP contribution in [0.3, 0.4) is 0 Å². The van der Waals surface area contributed by atoms with Gasteiger partial charge >= 0.3 is 5.97 Å². The van der Waals surface area contributed by atoms with Crippen molar-refractivity contribution in [3.63, 3.8) is 0 Å². The topological polar surface area (TPSA) is 122 Å². The average molecular weight is 394 g/mol. The smallest absolute Gasteiger partial charge is 0.328 e. The Bertz CT molecular complexity index is 977. The minimum Gasteiger partial charge on any atom is -0.480 e. The van der Waals surface area contributed by atoms with Gasteiger partial charge in [-0.15, -0.1) is 0 Å². The van der Waals surface area contributed by atoms with Crippen LogP contribution in [0.1, 0.15) is 29.8 Å². The molecule has 2 N–H and O–H groups in total. The number of aliphatic carboxylic acids is 1. The van der Waals surface area contributed by atoms with E-state index in [4.69, 9.17) is 0 Å². The molecule has 0 aliphatic heterocycles. The number of rotatable bonds is 6. The number of anilines is 1. The van der Waals surface area contributed by atoms with Crippen LogP contribution in [0, 0.1) is 6.92 Å². The third-order valence-electron chi connectivity index (χ3n) is 4.09. The molecular weight excluding hydrogens is 372 g/mol. The van der Waals surface area contributed by atoms with Crippen molar-refractivity contribution in [1.29, 1.82) is 0 Å². The molecule has 146 valence electrons. The van der Waals surface area contributed by atoms with Crippen molar-refractivity contribution in [2.45, 2.75) is 31.2 Å². The molecule has 0 bridgehead atoms. The van der Waals surface area contributed by atoms with Crippen LogP contribution >= 0.6 is 0 Å². The summed E-state index contributed by atoms with van der Waals surface area (Å²) in [6, 6.07) is 6.30. The number of amides is 1. The Morgan fingerprint density at radius 2 is 1.78 bits per heavy atom. The Kier molecular flexibility index (Phi) is 5.32. The first kappa shape index (κ1) is 20.4. The number of hydrogen-bond donors (Lipinski definition) is 2. The fourth-order valence-corrected chi connectivity index (χ4v) is 3.59. The highest BCUT2D eigenvalue weighted by Crippen LogP contribution is 2.26. The van der Waals surface area contributed by atoms with Crippen molar-refractivity contribution in [2.75, 3.05) is 11.4 Å². The summed E-state index contributed by atoms with van der Waals surface area (Å²) in [6.45, 7) is 4.50. The Labute approximate surface area is 157 Å². The Morgan fingerprint density at radius 3 is 2.30 bits per heavy atom. The van der Waals surface area contributed by atoms with Gasteiger partial charge in [-0.3, -0.25) is 13.8 Å². The van der Waals surface area contributed by atoms with E-state index in [1.807, 2.05) is 6.92 Å². The SMILES string of the molecule is Cc1ccc(S(=O)(=O)N(C)c2c(C(=O)NC(C)(C)C(=O)O)cnn2C)cc1. The van der Waals surface area contributed by atoms with Gasteiger partial charge in [-0.25, -0.2) is 13.2 Å². The predicted molar refractivity (Wildman–Crippen MR) is 99.2 cm³/mol. The number of benzene rings is 1. The van der Waals surface area contributed by atoms with Crippen LogP contribution in [0.2, 0.25) is 0 Å². The van der Waals surface area contributed by atoms with Crippen molar-refractivity contribution in [2.24, 2.45) is 7.05 Å². The van der Waals surface area contributed by atoms with Crippen LogP contribution in [-0.4, -0.2) is 47.8 Å². The van der Waals surface area contributed by atoms with Gasteiger partial charge < -0.3 is 10.4 Å². The standard InChI is InChI=1S/C17H22N4O5S/c1-11-6-8-12(9-7-11)27(25,26)21(5)15-13(10-18-20(15)4)14(22)19-17(2,3)16(23)24/h6-10H,1-5H3,(H,19,22)(H,23,24). The fraction of sp³-hybridized carbons (Fsp3) is 0.353. The van der Waals surface area contributed by atoms with Gasteiger partial charge in [0, 0.05) is 14.1 Å². The quantitative estimate of drug-likeness (QED) is 0.758. The van der Waals surface area contributed by atoms with E-state index in [1.165, 1.54) is 51.0 Å². The van der Waals surface area contributed by atoms with Crippen LogP contribution in [0.15, 0.2) is 35.4 Å². The van der Waals surface area contributed by atoms with Gasteiger partial charge in [0.25, 0.3) is 15.9 Å². The summed E-state index contributed by atoms with van der Waals surface area (Å²) in [6.07, 6.45) is 1.20. The second-order valence-corrected chi connectivity index (χ2v) is 8.64. The molecule has 0 saturated heterocycles. The lowest BCUT2D eigenvalue weighted by Gasteiger charge is -2.23. The molecule has 0 aliphatic rings. The summed E-state index contributed by atoms with van der Waals surface area (Å²) in [5.74, 6) is -1.94. The summed E-state index contributed by atoms with van der Waals surface area (Å²) >= 11 is 0. The number of nitrogens with zero attached hydrogens (tertiary/aromatic N) is 3. The lowest BCUT2D eigenvalue weighted by atomic mass is 10.1. The predicted octanol–water partition coefficient (Wildman–Crippen LogP) is 1.15. The lowest BCUT2D eigenvalue weighted by molar-refractivity contribution is -0.143. The number of nitrogens with one attached hydrogen (secondary N) is 1. The average Bonchev–Trinajstić information content (AvgIpc) is 2.95. The van der Waals surface area contributed by atoms with Gasteiger partial charge in [-0.05, 0) is 32.9 Å². The second-order valence-electron chi connectivity index (χ2n) is 6.68. The number of aromatic nitrogens is 2. The molecule has 1 heterocycles. The molecule has 2 rings (SSSR count). The molecule has 10 heteroatoms. The van der Waals surface area contributed by atoms with Crippen LogP contribution in [0.25, 0.3) is 0 Å². The maximum Gasteiger partial charge on any atom is 0.328 e. The molecule has 0 aliphatic carbocycles. The van der Waals surface area contributed by atoms with E-state index in [1.54, 1.807) is 12.1 Å². The first-order valence-electron chi connectivity index (χ1n) is 8.01. The summed E-state index contributed by atoms with van der Waals surface area (Å²) < 4.78 is 28.0. The van der Waals surface area contributed by atoms with E-state index in [9.17, 15) is 23.1 Å². The summed E-state index contributed by atoms with van der Waals surface area (Å²) in [4.78, 5) is 23.9. The van der Waals surface area contributed by atoms with E-state index in [2.05, 4.69) is 10.4 Å². The first-order chi connectivity index (χ1) is 12.4. The van der Waals surface area contributed by atoms with Crippen molar-refractivity contribution < 1.29 is 23.1 Å². The molecule has 9 nitrogen and oxygen atoms in total. The minimum absolute atomic E-state index is 0.0225. The largest absolute Gasteiger partial charge is 0.480 e. The molecule has 0 spiro atoms. The highest BCUT2D eigenvalue weighted by Gasteiger charge is 2.33. The van der Waals surface area contributed by atoms with Gasteiger partial charge in [0.05, 0.1) is 11.1 Å². The van der Waals surface area contributed by atoms with E-state index in [0.717, 1.165) is 9.87 Å². The first-order valence-corrected chi connectivity index (χ1v) is 9.45. The zero-order valence-corrected chi connectivity index (χ0v) is 16.5. The summed E-state index contributed by atoms with van der Waals surface area (Å²) in [7, 11) is -1.13. The number of sulfonamides is 1. The van der Waals surface area contributed by atoms with Crippen molar-refractivity contribution >= 4 is 27.7 Å². The minimum atomic E-state index is -3.94. The van der Waals surface area contributed by atoms with Gasteiger partial charge in [0.15, 0.2) is 5.82 Å². The molecule has 2 aromatic rings. The Balaban J connectivity index is 2.45. The zero-order valence-electron chi connectivity index (χ0n) is 15.7. The second kappa shape index (κ2) is 7.03. The Morgan fingerprint density at radius 1 is 1.22 bits per heavy atom. The van der Waals surface area contributed by atoms with Crippen LogP contribution < -0.4 is 9.62 Å². The third-order valence-corrected chi connectivity index (χ3v) is 5.85. The van der Waals surface area contributed by atoms with Gasteiger partial charge in [0.2, 0.25) is 0 Å². The maximum absolute atomic E-state index is 12.9. The molecule has 1 amide bonds. The number of carboxylic acid groups (broad SMARTS) is 1.